The topological polar surface area (TPSA) is 134 Å². The summed E-state index contributed by atoms with van der Waals surface area (Å²) in [6.45, 7) is 9.08. The molecule has 0 fully saturated rings. The molecule has 3 aromatic rings. The Balaban J connectivity index is 1.92. The van der Waals surface area contributed by atoms with Crippen molar-refractivity contribution in [2.24, 2.45) is 22.4 Å². The summed E-state index contributed by atoms with van der Waals surface area (Å²) in [6.07, 6.45) is 4.96. The maximum absolute atomic E-state index is 12.6. The zero-order chi connectivity index (χ0) is 24.2. The number of aliphatic imine (C=N–C) groups is 1. The van der Waals surface area contributed by atoms with E-state index >= 15 is 0 Å². The molecule has 0 saturated heterocycles. The zero-order valence-electron chi connectivity index (χ0n) is 18.6. The Labute approximate surface area is 189 Å². The van der Waals surface area contributed by atoms with E-state index < -0.39 is 18.4 Å². The standard InChI is InChI=1S/C22H26F2N8O/c1-13(2)22(4,17-5-6-18(28-10-17)15(7-25)8-27-14(3)26)21-30-20(33-31-21)16-9-29-32(11-16)12-19(23)24/h5-11,13,19H,3,12,25-26H2,1-2,4H3/b15-7+,27-8?/t22-/m1/s1. The van der Waals surface area contributed by atoms with Crippen LogP contribution in [0.5, 0.6) is 0 Å². The molecule has 9 nitrogen and oxygen atoms in total. The highest BCUT2D eigenvalue weighted by atomic mass is 19.3. The number of hydrogen-bond acceptors (Lipinski definition) is 8. The number of alkyl halides is 2. The van der Waals surface area contributed by atoms with Crippen LogP contribution in [0.4, 0.5) is 8.78 Å². The van der Waals surface area contributed by atoms with E-state index in [1.165, 1.54) is 24.8 Å². The van der Waals surface area contributed by atoms with Crippen LogP contribution in [-0.4, -0.2) is 37.5 Å². The Hall–Kier alpha value is -3.89. The molecule has 1 atom stereocenters. The number of pyridine rings is 1. The first-order valence-corrected chi connectivity index (χ1v) is 10.2. The van der Waals surface area contributed by atoms with Crippen LogP contribution in [0.3, 0.4) is 0 Å². The molecule has 0 radical (unpaired) electrons. The monoisotopic (exact) mass is 456 g/mol. The average Bonchev–Trinajstić information content (AvgIpc) is 3.43. The van der Waals surface area contributed by atoms with Gasteiger partial charge in [-0.2, -0.15) is 10.1 Å². The van der Waals surface area contributed by atoms with Gasteiger partial charge in [0.25, 0.3) is 12.3 Å². The molecule has 0 unspecified atom stereocenters. The number of halogens is 2. The van der Waals surface area contributed by atoms with Gasteiger partial charge in [0.2, 0.25) is 0 Å². The Morgan fingerprint density at radius 1 is 1.33 bits per heavy atom. The Morgan fingerprint density at radius 3 is 2.67 bits per heavy atom. The second-order valence-corrected chi connectivity index (χ2v) is 7.93. The number of rotatable bonds is 9. The summed E-state index contributed by atoms with van der Waals surface area (Å²) in [4.78, 5) is 13.0. The fourth-order valence-corrected chi connectivity index (χ4v) is 3.21. The smallest absolute Gasteiger partial charge is 0.261 e. The molecule has 33 heavy (non-hydrogen) atoms. The predicted octanol–water partition coefficient (Wildman–Crippen LogP) is 3.36. The molecule has 3 rings (SSSR count). The van der Waals surface area contributed by atoms with E-state index in [1.54, 1.807) is 6.20 Å². The van der Waals surface area contributed by atoms with E-state index in [9.17, 15) is 8.78 Å². The van der Waals surface area contributed by atoms with Gasteiger partial charge in [-0.25, -0.2) is 13.8 Å². The predicted molar refractivity (Wildman–Crippen MR) is 121 cm³/mol. The van der Waals surface area contributed by atoms with Crippen molar-refractivity contribution in [2.45, 2.75) is 39.2 Å². The molecule has 0 spiro atoms. The second kappa shape index (κ2) is 9.72. The fraction of sp³-hybridized carbons (Fsp3) is 0.318. The number of hydrogen-bond donors (Lipinski definition) is 2. The molecule has 0 aromatic carbocycles. The highest BCUT2D eigenvalue weighted by Gasteiger charge is 2.38. The molecule has 0 amide bonds. The van der Waals surface area contributed by atoms with E-state index in [4.69, 9.17) is 16.0 Å². The first kappa shape index (κ1) is 23.8. The molecular weight excluding hydrogens is 430 g/mol. The molecule has 0 bridgehead atoms. The molecule has 0 aliphatic rings. The van der Waals surface area contributed by atoms with E-state index in [2.05, 4.69) is 31.8 Å². The number of aromatic nitrogens is 5. The van der Waals surface area contributed by atoms with Crippen LogP contribution in [0.15, 0.2) is 58.8 Å². The third-order valence-corrected chi connectivity index (χ3v) is 5.46. The van der Waals surface area contributed by atoms with Crippen molar-refractivity contribution >= 4 is 11.8 Å². The summed E-state index contributed by atoms with van der Waals surface area (Å²) in [6, 6.07) is 3.73. The zero-order valence-corrected chi connectivity index (χ0v) is 18.6. The van der Waals surface area contributed by atoms with Gasteiger partial charge in [-0.15, -0.1) is 0 Å². The molecule has 0 saturated carbocycles. The van der Waals surface area contributed by atoms with Gasteiger partial charge >= 0.3 is 0 Å². The summed E-state index contributed by atoms with van der Waals surface area (Å²) in [5.41, 5.74) is 13.1. The van der Waals surface area contributed by atoms with Crippen molar-refractivity contribution in [3.05, 3.63) is 66.4 Å². The summed E-state index contributed by atoms with van der Waals surface area (Å²) >= 11 is 0. The van der Waals surface area contributed by atoms with E-state index in [0.29, 0.717) is 22.7 Å². The first-order valence-electron chi connectivity index (χ1n) is 10.2. The minimum Gasteiger partial charge on any atom is -0.404 e. The van der Waals surface area contributed by atoms with Gasteiger partial charge < -0.3 is 16.0 Å². The minimum atomic E-state index is -2.51. The maximum atomic E-state index is 12.6. The lowest BCUT2D eigenvalue weighted by Gasteiger charge is -2.30. The first-order chi connectivity index (χ1) is 15.6. The van der Waals surface area contributed by atoms with E-state index in [1.807, 2.05) is 32.9 Å². The molecule has 0 aliphatic carbocycles. The average molecular weight is 457 g/mol. The van der Waals surface area contributed by atoms with Crippen LogP contribution in [0, 0.1) is 5.92 Å². The summed E-state index contributed by atoms with van der Waals surface area (Å²) in [5, 5.41) is 8.10. The summed E-state index contributed by atoms with van der Waals surface area (Å²) < 4.78 is 31.8. The molecule has 174 valence electrons. The lowest BCUT2D eigenvalue weighted by atomic mass is 9.73. The van der Waals surface area contributed by atoms with Crippen molar-refractivity contribution in [3.63, 3.8) is 0 Å². The van der Waals surface area contributed by atoms with Crippen molar-refractivity contribution in [3.8, 4) is 11.5 Å². The maximum Gasteiger partial charge on any atom is 0.261 e. The Bertz CT molecular complexity index is 1160. The van der Waals surface area contributed by atoms with Gasteiger partial charge in [-0.3, -0.25) is 9.67 Å². The number of nitrogens with two attached hydrogens (primary N) is 2. The van der Waals surface area contributed by atoms with Gasteiger partial charge in [-0.1, -0.05) is 31.6 Å². The highest BCUT2D eigenvalue weighted by Crippen LogP contribution is 2.38. The Kier molecular flexibility index (Phi) is 7.00. The van der Waals surface area contributed by atoms with Crippen LogP contribution in [-0.2, 0) is 12.0 Å². The third kappa shape index (κ3) is 5.13. The van der Waals surface area contributed by atoms with Gasteiger partial charge in [0.1, 0.15) is 12.4 Å². The number of allylic oxidation sites excluding steroid dienone is 1. The molecule has 3 heterocycles. The third-order valence-electron chi connectivity index (χ3n) is 5.46. The van der Waals surface area contributed by atoms with Crippen LogP contribution in [0.1, 0.15) is 37.9 Å². The molecule has 11 heteroatoms. The lowest BCUT2D eigenvalue weighted by molar-refractivity contribution is 0.122. The van der Waals surface area contributed by atoms with Crippen LogP contribution >= 0.6 is 0 Å². The van der Waals surface area contributed by atoms with Crippen molar-refractivity contribution in [1.29, 1.82) is 0 Å². The second-order valence-electron chi connectivity index (χ2n) is 7.93. The van der Waals surface area contributed by atoms with Crippen molar-refractivity contribution in [2.75, 3.05) is 0 Å². The van der Waals surface area contributed by atoms with Gasteiger partial charge in [0, 0.05) is 30.4 Å². The van der Waals surface area contributed by atoms with Crippen LogP contribution in [0.2, 0.25) is 0 Å². The summed E-state index contributed by atoms with van der Waals surface area (Å²) in [7, 11) is 0. The highest BCUT2D eigenvalue weighted by molar-refractivity contribution is 6.09. The molecule has 3 aromatic heterocycles. The largest absolute Gasteiger partial charge is 0.404 e. The van der Waals surface area contributed by atoms with Gasteiger partial charge in [0.05, 0.1) is 22.9 Å². The van der Waals surface area contributed by atoms with E-state index in [0.717, 1.165) is 10.2 Å². The fourth-order valence-electron chi connectivity index (χ4n) is 3.21. The lowest BCUT2D eigenvalue weighted by Crippen LogP contribution is -2.31. The Morgan fingerprint density at radius 2 is 2.09 bits per heavy atom. The normalized spacial score (nSPS) is 14.3. The van der Waals surface area contributed by atoms with Crippen LogP contribution in [0.25, 0.3) is 17.0 Å². The van der Waals surface area contributed by atoms with Gasteiger partial charge in [-0.05, 0) is 24.5 Å². The van der Waals surface area contributed by atoms with Crippen molar-refractivity contribution < 1.29 is 13.3 Å². The molecule has 0 aliphatic heterocycles. The number of nitrogens with zero attached hydrogens (tertiary/aromatic N) is 6. The molecular formula is C22H26F2N8O. The quantitative estimate of drug-likeness (QED) is 0.472. The van der Waals surface area contributed by atoms with Crippen molar-refractivity contribution in [1.82, 2.24) is 24.9 Å². The molecule has 4 N–H and O–H groups in total. The van der Waals surface area contributed by atoms with Crippen LogP contribution < -0.4 is 11.5 Å². The minimum absolute atomic E-state index is 0.0730. The van der Waals surface area contributed by atoms with E-state index in [-0.39, 0.29) is 17.6 Å². The SMILES string of the molecule is C=C(N)N=C/C(=C\N)c1ccc([C@](C)(c2noc(-c3cnn(CC(F)F)c3)n2)C(C)C)cn1. The van der Waals surface area contributed by atoms with Gasteiger partial charge in [0.15, 0.2) is 5.82 Å². The summed E-state index contributed by atoms with van der Waals surface area (Å²) in [5.74, 6) is 0.877.